The summed E-state index contributed by atoms with van der Waals surface area (Å²) < 4.78 is 11.3. The number of carbonyl (C=O) groups excluding carboxylic acids is 2. The number of hydrogen-bond donors (Lipinski definition) is 1. The number of para-hydroxylation sites is 1. The molecule has 2 aliphatic heterocycles. The Bertz CT molecular complexity index is 1240. The minimum atomic E-state index is -0.462. The third kappa shape index (κ3) is 5.83. The van der Waals surface area contributed by atoms with Gasteiger partial charge in [0, 0.05) is 51.4 Å². The van der Waals surface area contributed by atoms with E-state index in [0.717, 1.165) is 43.1 Å². The van der Waals surface area contributed by atoms with Crippen molar-refractivity contribution in [1.82, 2.24) is 15.3 Å². The van der Waals surface area contributed by atoms with Crippen molar-refractivity contribution in [2.24, 2.45) is 0 Å². The number of benzene rings is 3. The molecule has 1 fully saturated rings. The Kier molecular flexibility index (Phi) is 7.79. The van der Waals surface area contributed by atoms with Crippen molar-refractivity contribution >= 4 is 17.4 Å². The van der Waals surface area contributed by atoms with E-state index in [1.165, 1.54) is 0 Å². The number of ether oxygens (including phenoxy) is 2. The van der Waals surface area contributed by atoms with Crippen LogP contribution in [0, 0.1) is 0 Å². The van der Waals surface area contributed by atoms with Crippen molar-refractivity contribution in [3.8, 4) is 11.5 Å². The molecule has 8 nitrogen and oxygen atoms in total. The van der Waals surface area contributed by atoms with Gasteiger partial charge in [-0.15, -0.1) is 0 Å². The van der Waals surface area contributed by atoms with Crippen LogP contribution in [0.3, 0.4) is 0 Å². The second kappa shape index (κ2) is 11.6. The summed E-state index contributed by atoms with van der Waals surface area (Å²) >= 11 is 0. The van der Waals surface area contributed by atoms with Crippen LogP contribution in [0.4, 0.5) is 5.69 Å². The van der Waals surface area contributed by atoms with Crippen molar-refractivity contribution in [3.63, 3.8) is 0 Å². The second-order valence-electron chi connectivity index (χ2n) is 9.21. The van der Waals surface area contributed by atoms with Gasteiger partial charge in [-0.05, 0) is 29.8 Å². The van der Waals surface area contributed by atoms with Gasteiger partial charge in [0.2, 0.25) is 0 Å². The molecule has 192 valence electrons. The Balaban J connectivity index is 1.08. The number of nitrogens with zero attached hydrogens (tertiary/aromatic N) is 3. The van der Waals surface area contributed by atoms with E-state index in [9.17, 15) is 9.59 Å². The molecular weight excluding hydrogens is 468 g/mol. The predicted octanol–water partition coefficient (Wildman–Crippen LogP) is 3.13. The summed E-state index contributed by atoms with van der Waals surface area (Å²) in [6, 6.07) is 23.5. The molecule has 1 saturated heterocycles. The number of anilines is 1. The monoisotopic (exact) mass is 500 g/mol. The molecule has 0 bridgehead atoms. The van der Waals surface area contributed by atoms with Gasteiger partial charge in [0.05, 0.1) is 18.4 Å². The Morgan fingerprint density at radius 3 is 2.41 bits per heavy atom. The SMILES string of the molecule is COc1ccc2c(c1)C(=O)C(=O)N2CCN1CCN(NCc2ccccc2OCc2ccccc2)CC1. The van der Waals surface area contributed by atoms with Crippen LogP contribution in [0.2, 0.25) is 0 Å². The highest BCUT2D eigenvalue weighted by Crippen LogP contribution is 2.31. The molecule has 0 saturated carbocycles. The molecule has 8 heteroatoms. The number of amides is 1. The number of fused-ring (bicyclic) bond motifs is 1. The van der Waals surface area contributed by atoms with Crippen LogP contribution in [-0.2, 0) is 17.9 Å². The molecule has 3 aromatic carbocycles. The summed E-state index contributed by atoms with van der Waals surface area (Å²) in [6.07, 6.45) is 0. The molecule has 0 unspecified atom stereocenters. The molecule has 0 radical (unpaired) electrons. The van der Waals surface area contributed by atoms with Crippen molar-refractivity contribution in [2.45, 2.75) is 13.2 Å². The molecule has 2 aliphatic rings. The fourth-order valence-electron chi connectivity index (χ4n) is 4.72. The van der Waals surface area contributed by atoms with E-state index in [1.54, 1.807) is 30.2 Å². The molecule has 5 rings (SSSR count). The number of nitrogens with one attached hydrogen (secondary N) is 1. The zero-order chi connectivity index (χ0) is 25.6. The topological polar surface area (TPSA) is 74.4 Å². The first kappa shape index (κ1) is 25.0. The third-order valence-corrected chi connectivity index (χ3v) is 6.89. The van der Waals surface area contributed by atoms with Gasteiger partial charge in [-0.25, -0.2) is 5.01 Å². The second-order valence-corrected chi connectivity index (χ2v) is 9.21. The average molecular weight is 501 g/mol. The molecular formula is C29H32N4O4. The molecule has 1 amide bonds. The van der Waals surface area contributed by atoms with Crippen molar-refractivity contribution in [1.29, 1.82) is 0 Å². The lowest BCUT2D eigenvalue weighted by molar-refractivity contribution is -0.114. The van der Waals surface area contributed by atoms with Crippen LogP contribution < -0.4 is 19.8 Å². The van der Waals surface area contributed by atoms with Gasteiger partial charge in [0.25, 0.3) is 11.7 Å². The summed E-state index contributed by atoms with van der Waals surface area (Å²) in [5.74, 6) is 0.545. The van der Waals surface area contributed by atoms with Crippen LogP contribution in [0.25, 0.3) is 0 Å². The lowest BCUT2D eigenvalue weighted by Gasteiger charge is -2.35. The summed E-state index contributed by atoms with van der Waals surface area (Å²) in [6.45, 7) is 5.93. The van der Waals surface area contributed by atoms with E-state index < -0.39 is 11.7 Å². The van der Waals surface area contributed by atoms with Crippen molar-refractivity contribution in [2.75, 3.05) is 51.3 Å². The number of methoxy groups -OCH3 is 1. The third-order valence-electron chi connectivity index (χ3n) is 6.89. The zero-order valence-electron chi connectivity index (χ0n) is 21.1. The minimum absolute atomic E-state index is 0.423. The first-order valence-corrected chi connectivity index (χ1v) is 12.6. The van der Waals surface area contributed by atoms with Crippen LogP contribution in [0.5, 0.6) is 11.5 Å². The number of Topliss-reactive ketones (excluding diaryl/α,β-unsaturated/α-hetero) is 1. The Morgan fingerprint density at radius 2 is 1.62 bits per heavy atom. The molecule has 1 N–H and O–H groups in total. The normalized spacial score (nSPS) is 16.2. The summed E-state index contributed by atoms with van der Waals surface area (Å²) in [7, 11) is 1.55. The lowest BCUT2D eigenvalue weighted by Crippen LogP contribution is -2.53. The van der Waals surface area contributed by atoms with E-state index in [2.05, 4.69) is 33.5 Å². The highest BCUT2D eigenvalue weighted by molar-refractivity contribution is 6.52. The van der Waals surface area contributed by atoms with E-state index in [4.69, 9.17) is 9.47 Å². The van der Waals surface area contributed by atoms with Gasteiger partial charge < -0.3 is 14.4 Å². The molecule has 0 atom stereocenters. The van der Waals surface area contributed by atoms with Crippen molar-refractivity contribution < 1.29 is 19.1 Å². The summed E-state index contributed by atoms with van der Waals surface area (Å²) in [5.41, 5.74) is 6.89. The number of rotatable bonds is 10. The number of ketones is 1. The number of carbonyl (C=O) groups is 2. The maximum Gasteiger partial charge on any atom is 0.299 e. The zero-order valence-corrected chi connectivity index (χ0v) is 21.1. The minimum Gasteiger partial charge on any atom is -0.497 e. The molecule has 3 aromatic rings. The maximum absolute atomic E-state index is 12.5. The fraction of sp³-hybridized carbons (Fsp3) is 0.310. The number of piperazine rings is 1. The standard InChI is InChI=1S/C29H32N4O4/c1-36-24-11-12-26-25(19-24)28(34)29(35)33(26)18-15-31-13-16-32(17-14-31)30-20-23-9-5-6-10-27(23)37-21-22-7-3-2-4-8-22/h2-12,19,30H,13-18,20-21H2,1H3. The quantitative estimate of drug-likeness (QED) is 0.429. The molecule has 0 spiro atoms. The first-order valence-electron chi connectivity index (χ1n) is 12.6. The smallest absolute Gasteiger partial charge is 0.299 e. The van der Waals surface area contributed by atoms with E-state index in [1.807, 2.05) is 36.4 Å². The first-order chi connectivity index (χ1) is 18.1. The van der Waals surface area contributed by atoms with E-state index >= 15 is 0 Å². The lowest BCUT2D eigenvalue weighted by atomic mass is 10.1. The van der Waals surface area contributed by atoms with Gasteiger partial charge in [-0.3, -0.25) is 19.9 Å². The largest absolute Gasteiger partial charge is 0.497 e. The molecule has 0 aromatic heterocycles. The number of hydrogen-bond acceptors (Lipinski definition) is 7. The average Bonchev–Trinajstić information content (AvgIpc) is 3.19. The predicted molar refractivity (Wildman–Crippen MR) is 142 cm³/mol. The van der Waals surface area contributed by atoms with Crippen LogP contribution in [0.1, 0.15) is 21.5 Å². The van der Waals surface area contributed by atoms with Gasteiger partial charge in [0.15, 0.2) is 0 Å². The molecule has 37 heavy (non-hydrogen) atoms. The Labute approximate surface area is 217 Å². The summed E-state index contributed by atoms with van der Waals surface area (Å²) in [5, 5.41) is 2.23. The van der Waals surface area contributed by atoms with Crippen LogP contribution >= 0.6 is 0 Å². The van der Waals surface area contributed by atoms with Gasteiger partial charge in [0.1, 0.15) is 18.1 Å². The van der Waals surface area contributed by atoms with E-state index in [-0.39, 0.29) is 0 Å². The Morgan fingerprint density at radius 1 is 0.865 bits per heavy atom. The van der Waals surface area contributed by atoms with Gasteiger partial charge in [-0.1, -0.05) is 48.5 Å². The van der Waals surface area contributed by atoms with Gasteiger partial charge >= 0.3 is 0 Å². The maximum atomic E-state index is 12.5. The molecule has 2 heterocycles. The van der Waals surface area contributed by atoms with Gasteiger partial charge in [-0.2, -0.15) is 0 Å². The highest BCUT2D eigenvalue weighted by Gasteiger charge is 2.36. The van der Waals surface area contributed by atoms with Crippen LogP contribution in [-0.4, -0.2) is 68.0 Å². The fourth-order valence-corrected chi connectivity index (χ4v) is 4.72. The van der Waals surface area contributed by atoms with Crippen LogP contribution in [0.15, 0.2) is 72.8 Å². The highest BCUT2D eigenvalue weighted by atomic mass is 16.5. The summed E-state index contributed by atoms with van der Waals surface area (Å²) in [4.78, 5) is 28.9. The molecule has 0 aliphatic carbocycles. The van der Waals surface area contributed by atoms with Crippen molar-refractivity contribution in [3.05, 3.63) is 89.5 Å². The van der Waals surface area contributed by atoms with E-state index in [0.29, 0.717) is 43.2 Å². The number of hydrazine groups is 1. The Hall–Kier alpha value is -3.72.